The minimum absolute atomic E-state index is 0.154. The molecule has 6 heteroatoms. The molecule has 0 radical (unpaired) electrons. The maximum atomic E-state index is 12.0. The molecule has 0 bridgehead atoms. The van der Waals surface area contributed by atoms with Gasteiger partial charge in [-0.2, -0.15) is 0 Å². The van der Waals surface area contributed by atoms with Gasteiger partial charge in [-0.1, -0.05) is 12.1 Å². The molecular weight excluding hydrogens is 221 g/mol. The molecule has 0 aliphatic rings. The number of nitrogens with one attached hydrogen (secondary N) is 1. The van der Waals surface area contributed by atoms with Gasteiger partial charge in [0.25, 0.3) is 0 Å². The lowest BCUT2D eigenvalue weighted by Gasteiger charge is -2.15. The van der Waals surface area contributed by atoms with Crippen molar-refractivity contribution in [2.24, 2.45) is 5.73 Å². The van der Waals surface area contributed by atoms with E-state index in [-0.39, 0.29) is 17.5 Å². The minimum Gasteiger partial charge on any atom is -0.404 e. The fourth-order valence-corrected chi connectivity index (χ4v) is 1.10. The zero-order chi connectivity index (χ0) is 12.2. The zero-order valence-corrected chi connectivity index (χ0v) is 8.71. The van der Waals surface area contributed by atoms with E-state index in [1.54, 1.807) is 13.0 Å². The zero-order valence-electron chi connectivity index (χ0n) is 8.71. The summed E-state index contributed by atoms with van der Waals surface area (Å²) in [6.45, 7) is 2.12. The van der Waals surface area contributed by atoms with Crippen LogP contribution in [0.1, 0.15) is 6.92 Å². The van der Waals surface area contributed by atoms with Crippen LogP contribution in [0.4, 0.5) is 18.9 Å². The fourth-order valence-electron chi connectivity index (χ4n) is 1.10. The van der Waals surface area contributed by atoms with Crippen molar-refractivity contribution in [3.05, 3.63) is 24.3 Å². The number of alkyl halides is 3. The highest BCUT2D eigenvalue weighted by Crippen LogP contribution is 2.29. The van der Waals surface area contributed by atoms with Gasteiger partial charge < -0.3 is 15.8 Å². The Labute approximate surface area is 91.4 Å². The molecule has 0 aromatic heterocycles. The number of hydrogen-bond acceptors (Lipinski definition) is 3. The topological polar surface area (TPSA) is 47.3 Å². The standard InChI is InChI=1S/C10H13F3N2O/c1-7(14)6-15-8-4-2-3-5-9(8)16-10(11,12)13/h2-5,7,15H,6,14H2,1H3. The van der Waals surface area contributed by atoms with Crippen molar-refractivity contribution in [1.82, 2.24) is 0 Å². The molecule has 0 heterocycles. The smallest absolute Gasteiger partial charge is 0.404 e. The predicted molar refractivity (Wildman–Crippen MR) is 55.3 cm³/mol. The molecule has 0 aliphatic heterocycles. The molecular formula is C10H13F3N2O. The maximum Gasteiger partial charge on any atom is 0.573 e. The second-order valence-corrected chi connectivity index (χ2v) is 3.40. The normalized spacial score (nSPS) is 13.3. The van der Waals surface area contributed by atoms with Gasteiger partial charge in [0.05, 0.1) is 5.69 Å². The number of rotatable bonds is 4. The molecule has 0 spiro atoms. The van der Waals surface area contributed by atoms with Gasteiger partial charge >= 0.3 is 6.36 Å². The first kappa shape index (κ1) is 12.6. The third kappa shape index (κ3) is 4.39. The Morgan fingerprint density at radius 2 is 2.00 bits per heavy atom. The van der Waals surface area contributed by atoms with Gasteiger partial charge in [-0.05, 0) is 19.1 Å². The average Bonchev–Trinajstić information content (AvgIpc) is 2.14. The van der Waals surface area contributed by atoms with Gasteiger partial charge in [-0.3, -0.25) is 0 Å². The van der Waals surface area contributed by atoms with E-state index in [9.17, 15) is 13.2 Å². The third-order valence-electron chi connectivity index (χ3n) is 1.73. The van der Waals surface area contributed by atoms with E-state index in [2.05, 4.69) is 10.1 Å². The van der Waals surface area contributed by atoms with Crippen molar-refractivity contribution in [2.75, 3.05) is 11.9 Å². The number of ether oxygens (including phenoxy) is 1. The quantitative estimate of drug-likeness (QED) is 0.840. The summed E-state index contributed by atoms with van der Waals surface area (Å²) in [5, 5.41) is 2.79. The summed E-state index contributed by atoms with van der Waals surface area (Å²) < 4.78 is 40.0. The largest absolute Gasteiger partial charge is 0.573 e. The van der Waals surface area contributed by atoms with Crippen molar-refractivity contribution in [3.63, 3.8) is 0 Å². The van der Waals surface area contributed by atoms with E-state index in [1.807, 2.05) is 0 Å². The Kier molecular flexibility index (Phi) is 4.00. The Morgan fingerprint density at radius 3 is 2.56 bits per heavy atom. The van der Waals surface area contributed by atoms with E-state index in [0.29, 0.717) is 6.54 Å². The molecule has 1 aromatic rings. The van der Waals surface area contributed by atoms with Crippen LogP contribution < -0.4 is 15.8 Å². The summed E-state index contributed by atoms with van der Waals surface area (Å²) in [4.78, 5) is 0. The van der Waals surface area contributed by atoms with Crippen molar-refractivity contribution >= 4 is 5.69 Å². The number of anilines is 1. The van der Waals surface area contributed by atoms with Crippen molar-refractivity contribution in [2.45, 2.75) is 19.3 Å². The van der Waals surface area contributed by atoms with E-state index >= 15 is 0 Å². The molecule has 16 heavy (non-hydrogen) atoms. The minimum atomic E-state index is -4.69. The van der Waals surface area contributed by atoms with Crippen LogP contribution in [0, 0.1) is 0 Å². The second kappa shape index (κ2) is 5.07. The lowest BCUT2D eigenvalue weighted by Crippen LogP contribution is -2.26. The SMILES string of the molecule is CC(N)CNc1ccccc1OC(F)(F)F. The molecule has 1 aromatic carbocycles. The van der Waals surface area contributed by atoms with Crippen LogP contribution in [0.3, 0.4) is 0 Å². The number of halogens is 3. The molecule has 0 saturated heterocycles. The van der Waals surface area contributed by atoms with E-state index in [0.717, 1.165) is 0 Å². The molecule has 0 saturated carbocycles. The highest BCUT2D eigenvalue weighted by Gasteiger charge is 2.31. The Balaban J connectivity index is 2.75. The van der Waals surface area contributed by atoms with Crippen molar-refractivity contribution in [1.29, 1.82) is 0 Å². The fraction of sp³-hybridized carbons (Fsp3) is 0.400. The van der Waals surface area contributed by atoms with E-state index < -0.39 is 6.36 Å². The first-order valence-corrected chi connectivity index (χ1v) is 4.73. The van der Waals surface area contributed by atoms with Crippen LogP contribution in [-0.4, -0.2) is 18.9 Å². The third-order valence-corrected chi connectivity index (χ3v) is 1.73. The number of hydrogen-bond donors (Lipinski definition) is 2. The number of benzene rings is 1. The monoisotopic (exact) mass is 234 g/mol. The highest BCUT2D eigenvalue weighted by atomic mass is 19.4. The molecule has 3 N–H and O–H groups in total. The lowest BCUT2D eigenvalue weighted by atomic mass is 10.2. The van der Waals surface area contributed by atoms with Crippen molar-refractivity contribution in [3.8, 4) is 5.75 Å². The van der Waals surface area contributed by atoms with Gasteiger partial charge in [0.2, 0.25) is 0 Å². The first-order chi connectivity index (χ1) is 7.38. The second-order valence-electron chi connectivity index (χ2n) is 3.40. The summed E-state index contributed by atoms with van der Waals surface area (Å²) in [6.07, 6.45) is -4.69. The van der Waals surface area contributed by atoms with Gasteiger partial charge in [0.1, 0.15) is 0 Å². The number of nitrogens with two attached hydrogens (primary N) is 1. The van der Waals surface area contributed by atoms with Crippen LogP contribution in [0.15, 0.2) is 24.3 Å². The molecule has 90 valence electrons. The lowest BCUT2D eigenvalue weighted by molar-refractivity contribution is -0.274. The summed E-state index contributed by atoms with van der Waals surface area (Å²) in [6, 6.07) is 5.68. The van der Waals surface area contributed by atoms with Gasteiger partial charge in [0.15, 0.2) is 5.75 Å². The summed E-state index contributed by atoms with van der Waals surface area (Å²) in [7, 11) is 0. The Morgan fingerprint density at radius 1 is 1.38 bits per heavy atom. The van der Waals surface area contributed by atoms with Gasteiger partial charge in [0, 0.05) is 12.6 Å². The van der Waals surface area contributed by atoms with Crippen molar-refractivity contribution < 1.29 is 17.9 Å². The van der Waals surface area contributed by atoms with E-state index in [4.69, 9.17) is 5.73 Å². The molecule has 0 fully saturated rings. The van der Waals surface area contributed by atoms with Crippen LogP contribution >= 0.6 is 0 Å². The first-order valence-electron chi connectivity index (χ1n) is 4.73. The predicted octanol–water partition coefficient (Wildman–Crippen LogP) is 2.34. The Bertz CT molecular complexity index is 339. The summed E-state index contributed by atoms with van der Waals surface area (Å²) in [5.74, 6) is -0.254. The number of para-hydroxylation sites is 2. The summed E-state index contributed by atoms with van der Waals surface area (Å²) >= 11 is 0. The van der Waals surface area contributed by atoms with Crippen LogP contribution in [-0.2, 0) is 0 Å². The van der Waals surface area contributed by atoms with Crippen LogP contribution in [0.5, 0.6) is 5.75 Å². The van der Waals surface area contributed by atoms with Gasteiger partial charge in [-0.25, -0.2) is 0 Å². The van der Waals surface area contributed by atoms with Crippen LogP contribution in [0.2, 0.25) is 0 Å². The molecule has 0 amide bonds. The van der Waals surface area contributed by atoms with Gasteiger partial charge in [-0.15, -0.1) is 13.2 Å². The molecule has 3 nitrogen and oxygen atoms in total. The summed E-state index contributed by atoms with van der Waals surface area (Å²) in [5.41, 5.74) is 5.77. The maximum absolute atomic E-state index is 12.0. The Hall–Kier alpha value is -1.43. The molecule has 0 aliphatic carbocycles. The highest BCUT2D eigenvalue weighted by molar-refractivity contribution is 5.56. The average molecular weight is 234 g/mol. The molecule has 1 unspecified atom stereocenters. The molecule has 1 atom stereocenters. The molecule has 1 rings (SSSR count). The van der Waals surface area contributed by atoms with Crippen LogP contribution in [0.25, 0.3) is 0 Å². The van der Waals surface area contributed by atoms with E-state index in [1.165, 1.54) is 18.2 Å².